The Balaban J connectivity index is 2.23. The topological polar surface area (TPSA) is 7.76 Å². The van der Waals surface area contributed by atoms with Crippen molar-refractivity contribution in [3.63, 3.8) is 0 Å². The Hall–Kier alpha value is -2.48. The Morgan fingerprint density at radius 2 is 1.00 bits per heavy atom. The van der Waals surface area contributed by atoms with E-state index in [9.17, 15) is 0 Å². The van der Waals surface area contributed by atoms with E-state index < -0.39 is 0 Å². The van der Waals surface area contributed by atoms with Gasteiger partial charge >= 0.3 is 0 Å². The molecule has 0 amide bonds. The van der Waals surface area contributed by atoms with Crippen molar-refractivity contribution in [1.29, 1.82) is 0 Å². The maximum atomic E-state index is 2.34. The second-order valence-corrected chi connectivity index (χ2v) is 9.11. The van der Waals surface area contributed by atoms with E-state index in [0.717, 1.165) is 0 Å². The maximum Gasteiger partial charge on any atom is 0.212 e. The van der Waals surface area contributed by atoms with Crippen LogP contribution in [0, 0.1) is 20.8 Å². The van der Waals surface area contributed by atoms with Gasteiger partial charge in [0.15, 0.2) is 12.4 Å². The number of hydrogen-bond donors (Lipinski definition) is 0. The summed E-state index contributed by atoms with van der Waals surface area (Å²) in [6.07, 6.45) is 4.55. The molecule has 0 aliphatic heterocycles. The van der Waals surface area contributed by atoms with Crippen LogP contribution < -0.4 is 9.13 Å². The third kappa shape index (κ3) is 3.99. The molecule has 2 heteroatoms. The first-order chi connectivity index (χ1) is 13.6. The molecule has 0 aliphatic carbocycles. The van der Waals surface area contributed by atoms with E-state index in [0.29, 0.717) is 11.8 Å². The van der Waals surface area contributed by atoms with Crippen LogP contribution >= 0.6 is 0 Å². The largest absolute Gasteiger partial charge is 0.212 e. The lowest BCUT2D eigenvalue weighted by atomic mass is 9.88. The molecule has 1 aromatic carbocycles. The van der Waals surface area contributed by atoms with Crippen LogP contribution in [0.5, 0.6) is 0 Å². The summed E-state index contributed by atoms with van der Waals surface area (Å²) in [6.45, 7) is 15.7. The molecule has 3 aromatic rings. The Kier molecular flexibility index (Phi) is 5.93. The number of aryl methyl sites for hydroxylation is 4. The minimum Gasteiger partial charge on any atom is -0.201 e. The molecule has 0 aliphatic rings. The monoisotopic (exact) mass is 388 g/mol. The first kappa shape index (κ1) is 21.2. The molecular formula is C27H36N2+2. The summed E-state index contributed by atoms with van der Waals surface area (Å²) in [5, 5.41) is 0. The zero-order chi connectivity index (χ0) is 21.5. The first-order valence-corrected chi connectivity index (χ1v) is 10.7. The number of rotatable bonds is 4. The SMILES string of the molecule is Cc1cc(C)c(-c2ccc(C(C)C)c[n+]2C)c(C)c1-c1ccc(C(C)C)c[n+]1C. The van der Waals surface area contributed by atoms with Crippen LogP contribution in [0.15, 0.2) is 42.7 Å². The van der Waals surface area contributed by atoms with Crippen molar-refractivity contribution >= 4 is 0 Å². The molecular weight excluding hydrogens is 352 g/mol. The highest BCUT2D eigenvalue weighted by atomic mass is 14.9. The van der Waals surface area contributed by atoms with Gasteiger partial charge in [-0.05, 0) is 61.4 Å². The van der Waals surface area contributed by atoms with Gasteiger partial charge in [-0.15, -0.1) is 0 Å². The Morgan fingerprint density at radius 3 is 1.31 bits per heavy atom. The quantitative estimate of drug-likeness (QED) is 0.496. The van der Waals surface area contributed by atoms with Crippen LogP contribution in [0.2, 0.25) is 0 Å². The normalized spacial score (nSPS) is 11.6. The molecule has 0 radical (unpaired) electrons. The molecule has 0 saturated heterocycles. The second-order valence-electron chi connectivity index (χ2n) is 9.11. The summed E-state index contributed by atoms with van der Waals surface area (Å²) < 4.78 is 4.57. The van der Waals surface area contributed by atoms with Crippen LogP contribution in [0.4, 0.5) is 0 Å². The van der Waals surface area contributed by atoms with E-state index in [1.807, 2.05) is 0 Å². The smallest absolute Gasteiger partial charge is 0.201 e. The molecule has 0 spiro atoms. The predicted octanol–water partition coefficient (Wildman–Crippen LogP) is 5.84. The fourth-order valence-corrected chi connectivity index (χ4v) is 4.43. The Morgan fingerprint density at radius 1 is 0.621 bits per heavy atom. The lowest BCUT2D eigenvalue weighted by molar-refractivity contribution is -0.661. The van der Waals surface area contributed by atoms with Crippen molar-refractivity contribution in [3.8, 4) is 22.5 Å². The standard InChI is InChI=1S/C27H36N2/c1-17(2)22-10-12-24(28(8)15-22)26-19(5)14-20(6)27(21(26)7)25-13-11-23(18(3)4)16-29(25)9/h10-18H,1-9H3/q+2. The summed E-state index contributed by atoms with van der Waals surface area (Å²) in [5.41, 5.74) is 12.0. The van der Waals surface area contributed by atoms with Gasteiger partial charge < -0.3 is 0 Å². The van der Waals surface area contributed by atoms with Crippen molar-refractivity contribution in [1.82, 2.24) is 0 Å². The Bertz CT molecular complexity index is 977. The summed E-state index contributed by atoms with van der Waals surface area (Å²) in [6, 6.07) is 11.5. The average Bonchev–Trinajstić information content (AvgIpc) is 2.63. The van der Waals surface area contributed by atoms with Crippen molar-refractivity contribution in [2.24, 2.45) is 14.1 Å². The highest BCUT2D eigenvalue weighted by Crippen LogP contribution is 2.35. The van der Waals surface area contributed by atoms with Gasteiger partial charge in [0.05, 0.1) is 11.1 Å². The highest BCUT2D eigenvalue weighted by molar-refractivity contribution is 5.78. The lowest BCUT2D eigenvalue weighted by Crippen LogP contribution is -2.33. The van der Waals surface area contributed by atoms with Crippen LogP contribution in [0.25, 0.3) is 22.5 Å². The second kappa shape index (κ2) is 8.10. The Labute approximate surface area is 176 Å². The summed E-state index contributed by atoms with van der Waals surface area (Å²) in [7, 11) is 4.33. The number of nitrogens with zero attached hydrogens (tertiary/aromatic N) is 2. The molecule has 2 nitrogen and oxygen atoms in total. The molecule has 0 bridgehead atoms. The van der Waals surface area contributed by atoms with E-state index in [4.69, 9.17) is 0 Å². The van der Waals surface area contributed by atoms with E-state index in [1.165, 1.54) is 50.3 Å². The van der Waals surface area contributed by atoms with Crippen molar-refractivity contribution in [2.45, 2.75) is 60.3 Å². The molecule has 152 valence electrons. The maximum absolute atomic E-state index is 2.34. The fourth-order valence-electron chi connectivity index (χ4n) is 4.43. The van der Waals surface area contributed by atoms with Crippen LogP contribution in [-0.4, -0.2) is 0 Å². The predicted molar refractivity (Wildman–Crippen MR) is 122 cm³/mol. The molecule has 0 saturated carbocycles. The highest BCUT2D eigenvalue weighted by Gasteiger charge is 2.24. The molecule has 0 N–H and O–H groups in total. The number of benzene rings is 1. The van der Waals surface area contributed by atoms with Crippen LogP contribution in [0.1, 0.15) is 67.3 Å². The molecule has 0 unspecified atom stereocenters. The average molecular weight is 389 g/mol. The molecule has 2 heterocycles. The summed E-state index contributed by atoms with van der Waals surface area (Å²) >= 11 is 0. The fraction of sp³-hybridized carbons (Fsp3) is 0.407. The molecule has 2 aromatic heterocycles. The van der Waals surface area contributed by atoms with Crippen molar-refractivity contribution in [2.75, 3.05) is 0 Å². The van der Waals surface area contributed by atoms with E-state index in [1.54, 1.807) is 0 Å². The molecule has 3 rings (SSSR count). The summed E-state index contributed by atoms with van der Waals surface area (Å²) in [4.78, 5) is 0. The van der Waals surface area contributed by atoms with Gasteiger partial charge in [-0.2, -0.15) is 0 Å². The number of hydrogen-bond acceptors (Lipinski definition) is 0. The third-order valence-corrected chi connectivity index (χ3v) is 6.13. The van der Waals surface area contributed by atoms with Gasteiger partial charge in [0.25, 0.3) is 0 Å². The van der Waals surface area contributed by atoms with Gasteiger partial charge in [0.2, 0.25) is 11.4 Å². The lowest BCUT2D eigenvalue weighted by Gasteiger charge is -2.16. The zero-order valence-electron chi connectivity index (χ0n) is 19.6. The van der Waals surface area contributed by atoms with Crippen molar-refractivity contribution < 1.29 is 9.13 Å². The van der Waals surface area contributed by atoms with Gasteiger partial charge in [-0.1, -0.05) is 33.8 Å². The molecule has 29 heavy (non-hydrogen) atoms. The van der Waals surface area contributed by atoms with Gasteiger partial charge in [-0.3, -0.25) is 0 Å². The first-order valence-electron chi connectivity index (χ1n) is 10.7. The van der Waals surface area contributed by atoms with Gasteiger partial charge in [0, 0.05) is 23.3 Å². The van der Waals surface area contributed by atoms with Gasteiger partial charge in [-0.25, -0.2) is 9.13 Å². The van der Waals surface area contributed by atoms with E-state index in [-0.39, 0.29) is 0 Å². The zero-order valence-corrected chi connectivity index (χ0v) is 19.6. The molecule has 0 fully saturated rings. The minimum absolute atomic E-state index is 0.532. The minimum atomic E-state index is 0.532. The van der Waals surface area contributed by atoms with Crippen LogP contribution in [-0.2, 0) is 14.1 Å². The third-order valence-electron chi connectivity index (χ3n) is 6.13. The van der Waals surface area contributed by atoms with E-state index >= 15 is 0 Å². The van der Waals surface area contributed by atoms with E-state index in [2.05, 4.69) is 114 Å². The van der Waals surface area contributed by atoms with Crippen molar-refractivity contribution in [3.05, 3.63) is 70.5 Å². The number of pyridine rings is 2. The van der Waals surface area contributed by atoms with Crippen LogP contribution in [0.3, 0.4) is 0 Å². The van der Waals surface area contributed by atoms with Gasteiger partial charge in [0.1, 0.15) is 14.1 Å². The molecule has 0 atom stereocenters. The summed E-state index contributed by atoms with van der Waals surface area (Å²) in [5.74, 6) is 1.06. The number of aromatic nitrogens is 2.